The van der Waals surface area contributed by atoms with Crippen LogP contribution in [0.4, 0.5) is 0 Å². The van der Waals surface area contributed by atoms with E-state index in [4.69, 9.17) is 0 Å². The minimum Gasteiger partial charge on any atom is -0.0656 e. The van der Waals surface area contributed by atoms with Gasteiger partial charge >= 0.3 is 0 Å². The first-order chi connectivity index (χ1) is 55.8. The Balaban J connectivity index is 0.000000112. The number of benzene rings is 22. The lowest BCUT2D eigenvalue weighted by molar-refractivity contribution is 0.591. The predicted octanol–water partition coefficient (Wildman–Crippen LogP) is 31.9. The molecule has 1 heteroatoms. The fourth-order valence-electron chi connectivity index (χ4n) is 18.3. The van der Waals surface area contributed by atoms with Crippen LogP contribution in [-0.4, -0.2) is 8.07 Å². The summed E-state index contributed by atoms with van der Waals surface area (Å²) in [5.74, 6) is 0. The highest BCUT2D eigenvalue weighted by atomic mass is 28.3. The first-order valence-corrected chi connectivity index (χ1v) is 43.6. The Kier molecular flexibility index (Phi) is 17.3. The summed E-state index contributed by atoms with van der Waals surface area (Å²) in [7, 11) is -1.47. The molecular weight excluding hydrogens is 1390 g/mol. The molecule has 0 heterocycles. The summed E-state index contributed by atoms with van der Waals surface area (Å²) in [6.07, 6.45) is 0. The molecule has 114 heavy (non-hydrogen) atoms. The number of hydrogen-bond acceptors (Lipinski definition) is 0. The van der Waals surface area contributed by atoms with E-state index < -0.39 is 8.07 Å². The Bertz CT molecular complexity index is 7560. The summed E-state index contributed by atoms with van der Waals surface area (Å²) in [5.41, 5.74) is 16.9. The van der Waals surface area contributed by atoms with E-state index in [1.54, 1.807) is 0 Å². The number of fused-ring (bicyclic) bond motifs is 14. The summed E-state index contributed by atoms with van der Waals surface area (Å²) in [6, 6.07) is 148. The van der Waals surface area contributed by atoms with Gasteiger partial charge in [0.25, 0.3) is 0 Å². The molecule has 0 saturated carbocycles. The zero-order chi connectivity index (χ0) is 76.8. The monoisotopic (exact) mass is 1470 g/mol. The molecule has 0 aliphatic carbocycles. The fourth-order valence-corrected chi connectivity index (χ4v) is 19.4. The smallest absolute Gasteiger partial charge is 0.0656 e. The quantitative estimate of drug-likeness (QED) is 0.0848. The lowest BCUT2D eigenvalue weighted by atomic mass is 9.81. The highest BCUT2D eigenvalue weighted by molar-refractivity contribution is 6.88. The van der Waals surface area contributed by atoms with Crippen LogP contribution in [0.3, 0.4) is 0 Å². The Morgan fingerprint density at radius 3 is 0.842 bits per heavy atom. The second-order valence-electron chi connectivity index (χ2n) is 33.0. The Hall–Kier alpha value is -13.6. The second kappa shape index (κ2) is 28.3. The maximum absolute atomic E-state index is 2.49. The molecule has 0 bridgehead atoms. The van der Waals surface area contributed by atoms with Crippen molar-refractivity contribution in [2.24, 2.45) is 0 Å². The second-order valence-corrected chi connectivity index (χ2v) is 38.0. The first-order valence-electron chi connectivity index (χ1n) is 40.1. The van der Waals surface area contributed by atoms with Gasteiger partial charge < -0.3 is 0 Å². The van der Waals surface area contributed by atoms with Gasteiger partial charge in [0.15, 0.2) is 0 Å². The topological polar surface area (TPSA) is 0 Å². The molecule has 0 unspecified atom stereocenters. The molecule has 0 N–H and O–H groups in total. The van der Waals surface area contributed by atoms with Crippen molar-refractivity contribution >= 4 is 153 Å². The summed E-state index contributed by atoms with van der Waals surface area (Å²) < 4.78 is 0. The molecule has 0 spiro atoms. The number of rotatable bonds is 7. The van der Waals surface area contributed by atoms with Crippen LogP contribution >= 0.6 is 0 Å². The van der Waals surface area contributed by atoms with E-state index in [0.717, 1.165) is 0 Å². The zero-order valence-corrected chi connectivity index (χ0v) is 66.1. The van der Waals surface area contributed by atoms with Crippen molar-refractivity contribution in [1.29, 1.82) is 0 Å². The van der Waals surface area contributed by atoms with Gasteiger partial charge in [-0.2, -0.15) is 0 Å². The fraction of sp³-hybridized carbons (Fsp3) is 0.0619. The summed E-state index contributed by atoms with van der Waals surface area (Å²) >= 11 is 0. The molecule has 0 saturated heterocycles. The third-order valence-corrected chi connectivity index (χ3v) is 26.0. The summed E-state index contributed by atoms with van der Waals surface area (Å²) in [5, 5.41) is 35.0. The van der Waals surface area contributed by atoms with Gasteiger partial charge in [-0.3, -0.25) is 0 Å². The van der Waals surface area contributed by atoms with Gasteiger partial charge in [-0.25, -0.2) is 0 Å². The third-order valence-electron chi connectivity index (χ3n) is 23.9. The lowest BCUT2D eigenvalue weighted by Gasteiger charge is -2.23. The van der Waals surface area contributed by atoms with Crippen LogP contribution in [0.2, 0.25) is 19.6 Å². The van der Waals surface area contributed by atoms with Crippen molar-refractivity contribution in [3.63, 3.8) is 0 Å². The van der Waals surface area contributed by atoms with Crippen LogP contribution < -0.4 is 5.19 Å². The molecule has 0 fully saturated rings. The lowest BCUT2D eigenvalue weighted by Crippen LogP contribution is -2.37. The molecule has 0 radical (unpaired) electrons. The van der Waals surface area contributed by atoms with Crippen LogP contribution in [0.25, 0.3) is 207 Å². The van der Waals surface area contributed by atoms with Crippen LogP contribution in [0.15, 0.2) is 400 Å². The van der Waals surface area contributed by atoms with E-state index >= 15 is 0 Å². The van der Waals surface area contributed by atoms with Gasteiger partial charge in [0.05, 0.1) is 8.07 Å². The summed E-state index contributed by atoms with van der Waals surface area (Å²) in [4.78, 5) is 0. The van der Waals surface area contributed by atoms with E-state index in [1.165, 1.54) is 218 Å². The normalized spacial score (nSPS) is 11.9. The molecule has 0 aliphatic heterocycles. The van der Waals surface area contributed by atoms with Crippen LogP contribution in [0.5, 0.6) is 0 Å². The van der Waals surface area contributed by atoms with E-state index in [2.05, 4.69) is 441 Å². The van der Waals surface area contributed by atoms with Crippen molar-refractivity contribution in [1.82, 2.24) is 0 Å². The minimum absolute atomic E-state index is 0.0591. The average molecular weight is 1470 g/mol. The van der Waals surface area contributed by atoms with Gasteiger partial charge in [-0.05, 0) is 266 Å². The molecule has 22 rings (SSSR count). The van der Waals surface area contributed by atoms with Gasteiger partial charge in [0.1, 0.15) is 0 Å². The van der Waals surface area contributed by atoms with Crippen molar-refractivity contribution in [3.05, 3.63) is 406 Å². The third kappa shape index (κ3) is 12.4. The van der Waals surface area contributed by atoms with Crippen LogP contribution in [0, 0.1) is 0 Å². The standard InChI is InChI=1S/C42H26.C38H30.C33H28Si/c1-2-12-28-23-31(22-21-27(28)11-1)41-35-17-7-9-19-37(35)42(38-20-10-8-18-36(38)41)40-26-32-24-29-13-3-4-14-30(29)25-39(32)33-15-5-6-16-34(33)40;1-38(2,3)31-20-21-34-35(24-31)37(30-19-17-26-11-5-7-13-28(26)23-30)33-15-9-8-14-32(33)36(34)29-18-16-25-10-4-6-12-27(25)22-29;1-34(2,3)27-19-20-30-31(22-27)32(24-12-5-4-6-13-24)28-15-9-10-16-29(28)33(30)26-18-17-23-11-7-8-14-25(23)21-26/h1-26H;4-24H,1-3H3;4-22H,1-3H3. The SMILES string of the molecule is CC(C)(C)c1ccc2c(-c3ccc4ccccc4c3)c3ccccc3c(-c3ccc4ccccc4c3)c2c1.C[Si](C)(C)c1ccc2c(-c3ccc4ccccc4c3)c3ccccc3c(-c3ccccc3)c2c1.c1ccc2cc(-c3c4ccccc4c(-c4cc5cc6ccccc6cc5c5ccccc45)c4ccccc34)ccc2c1. The largest absolute Gasteiger partial charge is 0.0776 e. The predicted molar refractivity (Wildman–Crippen MR) is 501 cm³/mol. The van der Waals surface area contributed by atoms with Crippen molar-refractivity contribution in [3.8, 4) is 66.8 Å². The molecule has 0 aliphatic rings. The van der Waals surface area contributed by atoms with Crippen molar-refractivity contribution < 1.29 is 0 Å². The van der Waals surface area contributed by atoms with Gasteiger partial charge in [-0.1, -0.05) is 397 Å². The molecule has 22 aromatic carbocycles. The average Bonchev–Trinajstić information content (AvgIpc) is 0.729. The maximum atomic E-state index is 2.49. The molecule has 0 atom stereocenters. The Morgan fingerprint density at radius 1 is 0.167 bits per heavy atom. The van der Waals surface area contributed by atoms with E-state index in [1.807, 2.05) is 0 Å². The van der Waals surface area contributed by atoms with E-state index in [9.17, 15) is 0 Å². The Morgan fingerprint density at radius 2 is 0.456 bits per heavy atom. The minimum atomic E-state index is -1.47. The Labute approximate surface area is 667 Å². The van der Waals surface area contributed by atoms with Crippen molar-refractivity contribution in [2.75, 3.05) is 0 Å². The molecular formula is C113H84Si. The van der Waals surface area contributed by atoms with Crippen LogP contribution in [-0.2, 0) is 5.41 Å². The molecule has 0 amide bonds. The first kappa shape index (κ1) is 69.6. The van der Waals surface area contributed by atoms with Gasteiger partial charge in [0.2, 0.25) is 0 Å². The molecule has 540 valence electrons. The number of hydrogen-bond donors (Lipinski definition) is 0. The van der Waals surface area contributed by atoms with Crippen molar-refractivity contribution in [2.45, 2.75) is 45.8 Å². The maximum Gasteiger partial charge on any atom is 0.0776 e. The van der Waals surface area contributed by atoms with E-state index in [0.29, 0.717) is 0 Å². The molecule has 22 aromatic rings. The molecule has 0 aromatic heterocycles. The van der Waals surface area contributed by atoms with E-state index in [-0.39, 0.29) is 5.41 Å². The van der Waals surface area contributed by atoms with Crippen LogP contribution in [0.1, 0.15) is 26.3 Å². The highest BCUT2D eigenvalue weighted by Crippen LogP contribution is 2.50. The summed E-state index contributed by atoms with van der Waals surface area (Å²) in [6.45, 7) is 14.2. The highest BCUT2D eigenvalue weighted by Gasteiger charge is 2.25. The molecule has 0 nitrogen and oxygen atoms in total. The zero-order valence-electron chi connectivity index (χ0n) is 65.1. The van der Waals surface area contributed by atoms with Gasteiger partial charge in [-0.15, -0.1) is 0 Å². The van der Waals surface area contributed by atoms with Gasteiger partial charge in [0, 0.05) is 0 Å².